The molecule has 0 heterocycles. The number of fused-ring (bicyclic) bond motifs is 5. The van der Waals surface area contributed by atoms with E-state index >= 15 is 0 Å². The van der Waals surface area contributed by atoms with Crippen LogP contribution in [0.2, 0.25) is 0 Å². The highest BCUT2D eigenvalue weighted by Crippen LogP contribution is 2.67. The number of benzene rings is 1. The van der Waals surface area contributed by atoms with Crippen LogP contribution in [0.5, 0.6) is 0 Å². The van der Waals surface area contributed by atoms with Gasteiger partial charge in [0.25, 0.3) is 0 Å². The van der Waals surface area contributed by atoms with Gasteiger partial charge in [-0.2, -0.15) is 0 Å². The number of carbonyl (C=O) groups is 7. The summed E-state index contributed by atoms with van der Waals surface area (Å²) in [5.74, 6) is -1.64. The van der Waals surface area contributed by atoms with Gasteiger partial charge in [0.1, 0.15) is 12.1 Å². The summed E-state index contributed by atoms with van der Waals surface area (Å²) < 4.78 is 6.18. The van der Waals surface area contributed by atoms with Crippen LogP contribution in [0.25, 0.3) is 0 Å². The lowest BCUT2D eigenvalue weighted by Crippen LogP contribution is -2.51. The fraction of sp³-hybridized carbons (Fsp3) is 0.714. The lowest BCUT2D eigenvalue weighted by Gasteiger charge is -2.58. The number of hydrogen-bond donors (Lipinski definition) is 7. The minimum absolute atomic E-state index is 0.0730. The Bertz CT molecular complexity index is 2120. The Kier molecular flexibility index (Phi) is 20.9. The number of ketones is 2. The average molecular weight is 1000 g/mol. The number of hydrogen-bond acceptors (Lipinski definition) is 9. The van der Waals surface area contributed by atoms with E-state index in [2.05, 4.69) is 61.6 Å². The molecule has 3 fully saturated rings. The van der Waals surface area contributed by atoms with Crippen molar-refractivity contribution in [1.82, 2.24) is 16.0 Å². The smallest absolute Gasteiger partial charge is 0.408 e. The third-order valence-corrected chi connectivity index (χ3v) is 17.4. The summed E-state index contributed by atoms with van der Waals surface area (Å²) in [7, 11) is 0. The molecule has 400 valence electrons. The largest absolute Gasteiger partial charge is 0.481 e. The maximum absolute atomic E-state index is 14.4. The predicted octanol–water partition coefficient (Wildman–Crippen LogP) is 7.30. The number of amides is 4. The second-order valence-electron chi connectivity index (χ2n) is 23.1. The summed E-state index contributed by atoms with van der Waals surface area (Å²) in [6.45, 7) is 16.0. The quantitative estimate of drug-likeness (QED) is 0.0199. The molecule has 4 aliphatic carbocycles. The standard InChI is InChI=1S/C56H87N7O9/c1-33(2)13-11-14-35(5)41-20-21-42-39-19-18-37-30-38(24-26-55(37,6)43(39)25-27-56(41,42)7)72-54(71)63-45(29-36-15-9-8-10-16-36)48(65)31-40(34(3)4)52(70)62-44(17-12-28-60-53(58)59)47(64)22-23-49(66)61-46(51(57)69)32-50(67)68/h8-10,15-16,18,33-35,38-46H,11-14,17,19-32H2,1-7H3,(H2,57,69)(H,61,66)(H,62,70)(H,63,71)(H,67,68)(H4,58,59,60)/t35-,38+,39+,40+,41-,42+,43+,44+,45-,46+,55+,56-/m1/s1. The van der Waals surface area contributed by atoms with Gasteiger partial charge in [-0.05, 0) is 122 Å². The van der Waals surface area contributed by atoms with Crippen LogP contribution in [-0.4, -0.2) is 83.2 Å². The van der Waals surface area contributed by atoms with Gasteiger partial charge < -0.3 is 43.0 Å². The average Bonchev–Trinajstić information content (AvgIpc) is 3.67. The molecule has 0 radical (unpaired) electrons. The van der Waals surface area contributed by atoms with Crippen LogP contribution in [0.4, 0.5) is 4.79 Å². The molecule has 1 aromatic carbocycles. The molecule has 5 rings (SSSR count). The van der Waals surface area contributed by atoms with Gasteiger partial charge >= 0.3 is 12.1 Å². The number of carbonyl (C=O) groups excluding carboxylic acids is 6. The zero-order chi connectivity index (χ0) is 52.9. The lowest BCUT2D eigenvalue weighted by atomic mass is 9.47. The van der Waals surface area contributed by atoms with Gasteiger partial charge in [0.15, 0.2) is 17.5 Å². The number of nitrogens with one attached hydrogen (secondary N) is 3. The summed E-state index contributed by atoms with van der Waals surface area (Å²) in [4.78, 5) is 95.5. The molecule has 72 heavy (non-hydrogen) atoms. The van der Waals surface area contributed by atoms with E-state index in [9.17, 15) is 33.6 Å². The number of aliphatic carboxylic acids is 1. The van der Waals surface area contributed by atoms with Crippen molar-refractivity contribution in [2.24, 2.45) is 80.4 Å². The number of allylic oxidation sites excluding steroid dienone is 1. The Morgan fingerprint density at radius 3 is 2.15 bits per heavy atom. The molecular formula is C56H87N7O9. The number of carboxylic acid groups (broad SMARTS) is 1. The summed E-state index contributed by atoms with van der Waals surface area (Å²) in [6, 6.07) is 5.75. The van der Waals surface area contributed by atoms with Crippen molar-refractivity contribution in [2.45, 2.75) is 188 Å². The molecule has 0 saturated heterocycles. The van der Waals surface area contributed by atoms with Gasteiger partial charge in [-0.3, -0.25) is 33.8 Å². The molecule has 0 unspecified atom stereocenters. The Morgan fingerprint density at radius 1 is 0.778 bits per heavy atom. The molecule has 0 aliphatic heterocycles. The van der Waals surface area contributed by atoms with E-state index in [4.69, 9.17) is 27.0 Å². The lowest BCUT2D eigenvalue weighted by molar-refractivity contribution is -0.140. The maximum atomic E-state index is 14.4. The monoisotopic (exact) mass is 1000 g/mol. The molecular weight excluding hydrogens is 915 g/mol. The second kappa shape index (κ2) is 26.1. The zero-order valence-corrected chi connectivity index (χ0v) is 44.2. The summed E-state index contributed by atoms with van der Waals surface area (Å²) in [6.07, 6.45) is 12.9. The molecule has 3 saturated carbocycles. The summed E-state index contributed by atoms with van der Waals surface area (Å²) >= 11 is 0. The van der Waals surface area contributed by atoms with Crippen LogP contribution in [0.15, 0.2) is 47.0 Å². The summed E-state index contributed by atoms with van der Waals surface area (Å²) in [5.41, 5.74) is 18.9. The van der Waals surface area contributed by atoms with E-state index in [1.165, 1.54) is 50.5 Å². The highest BCUT2D eigenvalue weighted by molar-refractivity contribution is 5.96. The number of aliphatic imine (C=N–C) groups is 1. The van der Waals surface area contributed by atoms with Gasteiger partial charge in [-0.15, -0.1) is 0 Å². The number of nitrogens with two attached hydrogens (primary N) is 3. The van der Waals surface area contributed by atoms with Crippen molar-refractivity contribution < 1.29 is 43.4 Å². The van der Waals surface area contributed by atoms with E-state index in [0.717, 1.165) is 48.5 Å². The second-order valence-corrected chi connectivity index (χ2v) is 23.1. The van der Waals surface area contributed by atoms with Crippen LogP contribution in [0, 0.1) is 58.2 Å². The summed E-state index contributed by atoms with van der Waals surface area (Å²) in [5, 5.41) is 17.0. The normalized spacial score (nSPS) is 26.5. The minimum atomic E-state index is -1.47. The van der Waals surface area contributed by atoms with Crippen molar-refractivity contribution in [2.75, 3.05) is 6.54 Å². The maximum Gasteiger partial charge on any atom is 0.408 e. The fourth-order valence-electron chi connectivity index (χ4n) is 13.3. The molecule has 0 spiro atoms. The Balaban J connectivity index is 1.23. The first kappa shape index (κ1) is 57.6. The van der Waals surface area contributed by atoms with Crippen molar-refractivity contribution in [3.05, 3.63) is 47.5 Å². The molecule has 0 aromatic heterocycles. The van der Waals surface area contributed by atoms with E-state index < -0.39 is 72.5 Å². The number of alkyl carbamates (subject to hydrolysis) is 1. The van der Waals surface area contributed by atoms with Gasteiger partial charge in [0.2, 0.25) is 17.7 Å². The van der Waals surface area contributed by atoms with Crippen molar-refractivity contribution in [1.29, 1.82) is 0 Å². The number of ether oxygens (including phenoxy) is 1. The van der Waals surface area contributed by atoms with E-state index in [1.807, 2.05) is 30.3 Å². The van der Waals surface area contributed by atoms with Crippen LogP contribution >= 0.6 is 0 Å². The molecule has 4 aliphatic rings. The fourth-order valence-corrected chi connectivity index (χ4v) is 13.3. The zero-order valence-electron chi connectivity index (χ0n) is 44.2. The van der Waals surface area contributed by atoms with Crippen LogP contribution in [-0.2, 0) is 39.9 Å². The van der Waals surface area contributed by atoms with Crippen LogP contribution in [0.1, 0.15) is 163 Å². The van der Waals surface area contributed by atoms with Gasteiger partial charge in [-0.25, -0.2) is 4.79 Å². The van der Waals surface area contributed by atoms with E-state index in [0.29, 0.717) is 23.7 Å². The number of nitrogens with zero attached hydrogens (tertiary/aromatic N) is 1. The number of primary amides is 1. The topological polar surface area (TPSA) is 275 Å². The van der Waals surface area contributed by atoms with E-state index in [-0.39, 0.29) is 67.8 Å². The molecule has 4 amide bonds. The predicted molar refractivity (Wildman–Crippen MR) is 278 cm³/mol. The Labute approximate surface area is 428 Å². The third kappa shape index (κ3) is 15.4. The SMILES string of the molecule is CC(C)CCC[C@@H](C)[C@H]1CC[C@H]2[C@@H]3CC=C4C[C@@H](OC(=O)N[C@H](Cc5ccccc5)C(=O)C[C@H](C(=O)N[C@@H](CCCN=C(N)N)C(=O)CCC(=O)N[C@@H](CC(=O)O)C(N)=O)C(C)C)CC[C@]4(C)[C@H]3CC[C@]12C. The number of guanidine groups is 1. The first-order valence-corrected chi connectivity index (χ1v) is 26.9. The van der Waals surface area contributed by atoms with Crippen molar-refractivity contribution >= 4 is 47.3 Å². The minimum Gasteiger partial charge on any atom is -0.481 e. The third-order valence-electron chi connectivity index (χ3n) is 17.4. The Hall–Kier alpha value is -5.28. The van der Waals surface area contributed by atoms with Gasteiger partial charge in [0, 0.05) is 38.1 Å². The first-order chi connectivity index (χ1) is 34.0. The molecule has 1 aromatic rings. The first-order valence-electron chi connectivity index (χ1n) is 26.9. The Morgan fingerprint density at radius 2 is 1.50 bits per heavy atom. The number of rotatable bonds is 27. The number of Topliss-reactive ketones (excluding diaryl/α,β-unsaturated/α-hetero) is 2. The highest BCUT2D eigenvalue weighted by atomic mass is 16.6. The molecule has 10 N–H and O–H groups in total. The van der Waals surface area contributed by atoms with Crippen LogP contribution in [0.3, 0.4) is 0 Å². The van der Waals surface area contributed by atoms with Gasteiger partial charge in [-0.1, -0.05) is 110 Å². The van der Waals surface area contributed by atoms with Gasteiger partial charge in [0.05, 0.1) is 18.5 Å². The van der Waals surface area contributed by atoms with Crippen LogP contribution < -0.4 is 33.2 Å². The molecule has 16 heteroatoms. The number of carboxylic acids is 1. The highest BCUT2D eigenvalue weighted by Gasteiger charge is 2.59. The van der Waals surface area contributed by atoms with E-state index in [1.54, 1.807) is 13.8 Å². The van der Waals surface area contributed by atoms with Crippen molar-refractivity contribution in [3.8, 4) is 0 Å². The molecule has 12 atom stereocenters. The molecule has 16 nitrogen and oxygen atoms in total. The molecule has 0 bridgehead atoms. The van der Waals surface area contributed by atoms with Crippen molar-refractivity contribution in [3.63, 3.8) is 0 Å².